The Morgan fingerprint density at radius 3 is 2.44 bits per heavy atom. The van der Waals surface area contributed by atoms with Gasteiger partial charge in [0.25, 0.3) is 5.91 Å². The van der Waals surface area contributed by atoms with E-state index in [-0.39, 0.29) is 5.57 Å². The fourth-order valence-electron chi connectivity index (χ4n) is 5.16. The molecular formula is C36H30N2O6S. The molecule has 1 aromatic heterocycles. The van der Waals surface area contributed by atoms with E-state index in [1.54, 1.807) is 24.3 Å². The van der Waals surface area contributed by atoms with E-state index in [0.29, 0.717) is 46.7 Å². The molecule has 0 spiro atoms. The second-order valence-corrected chi connectivity index (χ2v) is 11.2. The van der Waals surface area contributed by atoms with E-state index in [9.17, 15) is 14.7 Å². The van der Waals surface area contributed by atoms with E-state index in [4.69, 9.17) is 19.2 Å². The Bertz CT molecular complexity index is 1920. The highest BCUT2D eigenvalue weighted by Crippen LogP contribution is 2.45. The number of carbonyl (C=O) groups excluding carboxylic acids is 2. The first kappa shape index (κ1) is 29.7. The van der Waals surface area contributed by atoms with E-state index in [2.05, 4.69) is 0 Å². The van der Waals surface area contributed by atoms with Crippen molar-refractivity contribution in [2.24, 2.45) is 0 Å². The van der Waals surface area contributed by atoms with Crippen molar-refractivity contribution in [1.29, 1.82) is 0 Å². The van der Waals surface area contributed by atoms with Crippen molar-refractivity contribution < 1.29 is 28.9 Å². The number of aromatic nitrogens is 1. The van der Waals surface area contributed by atoms with E-state index < -0.39 is 23.5 Å². The lowest BCUT2D eigenvalue weighted by atomic mass is 9.95. The largest absolute Gasteiger partial charge is 0.503 e. The number of nitrogens with zero attached hydrogens (tertiary/aromatic N) is 2. The van der Waals surface area contributed by atoms with Gasteiger partial charge in [-0.3, -0.25) is 14.5 Å². The monoisotopic (exact) mass is 618 g/mol. The quantitative estimate of drug-likeness (QED) is 0.153. The summed E-state index contributed by atoms with van der Waals surface area (Å²) in [5.41, 5.74) is 2.95. The van der Waals surface area contributed by atoms with Gasteiger partial charge in [0.15, 0.2) is 28.2 Å². The van der Waals surface area contributed by atoms with Gasteiger partial charge < -0.3 is 19.3 Å². The predicted molar refractivity (Wildman–Crippen MR) is 175 cm³/mol. The van der Waals surface area contributed by atoms with Crippen molar-refractivity contribution in [1.82, 2.24) is 4.98 Å². The number of anilines is 1. The lowest BCUT2D eigenvalue weighted by Crippen LogP contribution is -2.30. The first-order chi connectivity index (χ1) is 22.0. The maximum absolute atomic E-state index is 13.7. The molecule has 0 bridgehead atoms. The Morgan fingerprint density at radius 1 is 0.956 bits per heavy atom. The van der Waals surface area contributed by atoms with Crippen LogP contribution in [0.3, 0.4) is 0 Å². The van der Waals surface area contributed by atoms with Crippen LogP contribution in [0.25, 0.3) is 16.3 Å². The van der Waals surface area contributed by atoms with E-state index >= 15 is 0 Å². The number of thiazole rings is 1. The van der Waals surface area contributed by atoms with Crippen LogP contribution >= 0.6 is 11.3 Å². The molecule has 1 aliphatic heterocycles. The van der Waals surface area contributed by atoms with Crippen molar-refractivity contribution in [2.75, 3.05) is 18.6 Å². The third kappa shape index (κ3) is 6.16. The molecule has 0 saturated heterocycles. The van der Waals surface area contributed by atoms with Crippen LogP contribution in [-0.4, -0.2) is 35.5 Å². The minimum absolute atomic E-state index is 0.0542. The van der Waals surface area contributed by atoms with Crippen LogP contribution in [0, 0.1) is 0 Å². The number of allylic oxidation sites excluding steroid dienone is 1. The van der Waals surface area contributed by atoms with Gasteiger partial charge in [0, 0.05) is 0 Å². The average Bonchev–Trinajstić information content (AvgIpc) is 3.61. The fourth-order valence-corrected chi connectivity index (χ4v) is 6.18. The highest BCUT2D eigenvalue weighted by molar-refractivity contribution is 7.22. The molecule has 1 aliphatic rings. The fraction of sp³-hybridized carbons (Fsp3) is 0.139. The van der Waals surface area contributed by atoms with Gasteiger partial charge in [-0.05, 0) is 60.0 Å². The molecule has 226 valence electrons. The van der Waals surface area contributed by atoms with Crippen molar-refractivity contribution in [3.05, 3.63) is 131 Å². The summed E-state index contributed by atoms with van der Waals surface area (Å²) >= 11 is 1.27. The Hall–Kier alpha value is -5.41. The van der Waals surface area contributed by atoms with Crippen molar-refractivity contribution in [2.45, 2.75) is 19.6 Å². The molecule has 45 heavy (non-hydrogen) atoms. The summed E-state index contributed by atoms with van der Waals surface area (Å²) in [6.45, 7) is 2.74. The summed E-state index contributed by atoms with van der Waals surface area (Å²) in [5.74, 6) is -0.248. The van der Waals surface area contributed by atoms with Gasteiger partial charge in [0.05, 0.1) is 35.5 Å². The van der Waals surface area contributed by atoms with Gasteiger partial charge >= 0.3 is 0 Å². The number of hydrogen-bond acceptors (Lipinski definition) is 8. The number of amides is 1. The molecule has 2 heterocycles. The maximum atomic E-state index is 13.7. The Labute approximate surface area is 264 Å². The summed E-state index contributed by atoms with van der Waals surface area (Å²) in [4.78, 5) is 33.5. The third-order valence-electron chi connectivity index (χ3n) is 7.31. The first-order valence-electron chi connectivity index (χ1n) is 14.4. The lowest BCUT2D eigenvalue weighted by molar-refractivity contribution is -0.117. The van der Waals surface area contributed by atoms with Crippen molar-refractivity contribution in [3.8, 4) is 17.2 Å². The standard InChI is InChI=1S/C36H30N2O6S/c1-3-43-26-16-17-27-31(21-26)45-36(37-27)38-33(32(34(40)35(38)41)28(39)18-14-23-10-6-4-7-11-23)25-15-19-29(30(20-25)42-2)44-22-24-12-8-5-9-13-24/h4-21,33,40H,3,22H2,1-2H3. The number of carbonyl (C=O) groups is 2. The summed E-state index contributed by atoms with van der Waals surface area (Å²) in [5, 5.41) is 11.5. The molecule has 0 saturated carbocycles. The van der Waals surface area contributed by atoms with Gasteiger partial charge in [0.1, 0.15) is 12.4 Å². The molecule has 0 fully saturated rings. The number of aliphatic hydroxyl groups excluding tert-OH is 1. The average molecular weight is 619 g/mol. The van der Waals surface area contributed by atoms with Gasteiger partial charge in [-0.2, -0.15) is 0 Å². The summed E-state index contributed by atoms with van der Waals surface area (Å²) in [6, 6.07) is 28.8. The highest BCUT2D eigenvalue weighted by atomic mass is 32.1. The van der Waals surface area contributed by atoms with Crippen molar-refractivity contribution in [3.63, 3.8) is 0 Å². The molecule has 8 nitrogen and oxygen atoms in total. The van der Waals surface area contributed by atoms with Crippen LogP contribution in [0.2, 0.25) is 0 Å². The molecule has 1 atom stereocenters. The molecule has 1 N–H and O–H groups in total. The zero-order valence-electron chi connectivity index (χ0n) is 24.7. The van der Waals surface area contributed by atoms with Gasteiger partial charge in [-0.1, -0.05) is 84.1 Å². The lowest BCUT2D eigenvalue weighted by Gasteiger charge is -2.25. The van der Waals surface area contributed by atoms with Crippen LogP contribution in [0.15, 0.2) is 114 Å². The van der Waals surface area contributed by atoms with Crippen molar-refractivity contribution >= 4 is 44.5 Å². The third-order valence-corrected chi connectivity index (χ3v) is 8.32. The SMILES string of the molecule is CCOc1ccc2nc(N3C(=O)C(O)=C(C(=O)C=Cc4ccccc4)C3c3ccc(OCc4ccccc4)c(OC)c3)sc2c1. The van der Waals surface area contributed by atoms with Crippen LogP contribution in [-0.2, 0) is 16.2 Å². The van der Waals surface area contributed by atoms with Crippen LogP contribution in [0.5, 0.6) is 17.2 Å². The minimum atomic E-state index is -0.977. The normalized spacial score (nSPS) is 14.8. The molecule has 1 unspecified atom stereocenters. The summed E-state index contributed by atoms with van der Waals surface area (Å²) in [6.07, 6.45) is 3.02. The number of ketones is 1. The number of aliphatic hydroxyl groups is 1. The summed E-state index contributed by atoms with van der Waals surface area (Å²) < 4.78 is 18.2. The van der Waals surface area contributed by atoms with Gasteiger partial charge in [-0.15, -0.1) is 0 Å². The number of fused-ring (bicyclic) bond motifs is 1. The predicted octanol–water partition coefficient (Wildman–Crippen LogP) is 7.47. The highest BCUT2D eigenvalue weighted by Gasteiger charge is 2.45. The Kier molecular flexibility index (Phi) is 8.61. The summed E-state index contributed by atoms with van der Waals surface area (Å²) in [7, 11) is 1.53. The maximum Gasteiger partial charge on any atom is 0.296 e. The zero-order valence-corrected chi connectivity index (χ0v) is 25.5. The smallest absolute Gasteiger partial charge is 0.296 e. The topological polar surface area (TPSA) is 98.2 Å². The zero-order chi connectivity index (χ0) is 31.3. The molecule has 5 aromatic rings. The van der Waals surface area contributed by atoms with Crippen LogP contribution in [0.1, 0.15) is 29.7 Å². The van der Waals surface area contributed by atoms with Gasteiger partial charge in [-0.25, -0.2) is 4.98 Å². The molecule has 4 aromatic carbocycles. The number of ether oxygens (including phenoxy) is 3. The molecule has 1 amide bonds. The molecule has 0 radical (unpaired) electrons. The number of benzene rings is 4. The molecular weight excluding hydrogens is 588 g/mol. The number of rotatable bonds is 11. The molecule has 0 aliphatic carbocycles. The van der Waals surface area contributed by atoms with E-state index in [1.165, 1.54) is 29.4 Å². The minimum Gasteiger partial charge on any atom is -0.503 e. The van der Waals surface area contributed by atoms with Crippen LogP contribution in [0.4, 0.5) is 5.13 Å². The molecule has 9 heteroatoms. The van der Waals surface area contributed by atoms with E-state index in [1.807, 2.05) is 85.8 Å². The second kappa shape index (κ2) is 13.1. The van der Waals surface area contributed by atoms with Crippen LogP contribution < -0.4 is 19.1 Å². The number of hydrogen-bond donors (Lipinski definition) is 1. The molecule has 6 rings (SSSR count). The van der Waals surface area contributed by atoms with E-state index in [0.717, 1.165) is 15.8 Å². The first-order valence-corrected chi connectivity index (χ1v) is 15.2. The second-order valence-electron chi connectivity index (χ2n) is 10.2. The Balaban J connectivity index is 1.41. The van der Waals surface area contributed by atoms with Gasteiger partial charge in [0.2, 0.25) is 0 Å². The Morgan fingerprint density at radius 2 is 1.71 bits per heavy atom. The number of methoxy groups -OCH3 is 1.